The summed E-state index contributed by atoms with van der Waals surface area (Å²) in [5.74, 6) is 1.59. The van der Waals surface area contributed by atoms with Crippen molar-refractivity contribution in [1.29, 1.82) is 0 Å². The maximum absolute atomic E-state index is 13.2. The molecule has 1 amide bonds. The van der Waals surface area contributed by atoms with Crippen molar-refractivity contribution in [2.45, 2.75) is 6.54 Å². The molecule has 0 bridgehead atoms. The topological polar surface area (TPSA) is 91.7 Å². The van der Waals surface area contributed by atoms with E-state index in [9.17, 15) is 9.59 Å². The Bertz CT molecular complexity index is 1360. The number of nitrogens with zero attached hydrogens (tertiary/aromatic N) is 2. The van der Waals surface area contributed by atoms with E-state index in [1.807, 2.05) is 24.3 Å². The molecule has 0 fully saturated rings. The summed E-state index contributed by atoms with van der Waals surface area (Å²) in [6.07, 6.45) is 1.42. The van der Waals surface area contributed by atoms with Crippen molar-refractivity contribution in [3.8, 4) is 22.9 Å². The molecule has 0 spiro atoms. The van der Waals surface area contributed by atoms with Crippen molar-refractivity contribution in [2.75, 3.05) is 21.3 Å². The zero-order chi connectivity index (χ0) is 23.4. The first-order chi connectivity index (χ1) is 16.0. The molecule has 1 aromatic heterocycles. The van der Waals surface area contributed by atoms with E-state index in [4.69, 9.17) is 14.2 Å². The number of hydrogen-bond acceptors (Lipinski definition) is 6. The molecule has 3 aromatic carbocycles. The van der Waals surface area contributed by atoms with Gasteiger partial charge in [-0.05, 0) is 48.0 Å². The third-order valence-corrected chi connectivity index (χ3v) is 5.28. The fourth-order valence-electron chi connectivity index (χ4n) is 3.45. The van der Waals surface area contributed by atoms with Crippen LogP contribution >= 0.6 is 0 Å². The summed E-state index contributed by atoms with van der Waals surface area (Å²) in [6.45, 7) is 0.367. The highest BCUT2D eigenvalue weighted by Gasteiger charge is 2.14. The Hall–Kier alpha value is -4.33. The molecule has 0 aliphatic rings. The van der Waals surface area contributed by atoms with E-state index in [0.717, 1.165) is 11.3 Å². The lowest BCUT2D eigenvalue weighted by molar-refractivity contribution is 0.0951. The highest BCUT2D eigenvalue weighted by Crippen LogP contribution is 2.27. The van der Waals surface area contributed by atoms with Crippen LogP contribution in [0.3, 0.4) is 0 Å². The smallest absolute Gasteiger partial charge is 0.265 e. The Kier molecular flexibility index (Phi) is 6.26. The first-order valence-corrected chi connectivity index (χ1v) is 10.2. The van der Waals surface area contributed by atoms with Crippen LogP contribution in [0, 0.1) is 0 Å². The maximum atomic E-state index is 13.2. The van der Waals surface area contributed by atoms with Crippen LogP contribution in [-0.2, 0) is 6.54 Å². The molecule has 33 heavy (non-hydrogen) atoms. The number of ether oxygens (including phenoxy) is 3. The van der Waals surface area contributed by atoms with Crippen LogP contribution in [0.5, 0.6) is 17.2 Å². The normalized spacial score (nSPS) is 10.6. The fraction of sp³-hybridized carbons (Fsp3) is 0.160. The highest BCUT2D eigenvalue weighted by atomic mass is 16.5. The molecule has 0 aliphatic heterocycles. The van der Waals surface area contributed by atoms with E-state index >= 15 is 0 Å². The second-order valence-corrected chi connectivity index (χ2v) is 7.22. The molecule has 0 aliphatic carbocycles. The van der Waals surface area contributed by atoms with E-state index in [0.29, 0.717) is 40.2 Å². The summed E-state index contributed by atoms with van der Waals surface area (Å²) in [7, 11) is 4.68. The predicted molar refractivity (Wildman–Crippen MR) is 125 cm³/mol. The zero-order valence-corrected chi connectivity index (χ0v) is 18.5. The molecule has 4 aromatic rings. The Morgan fingerprint density at radius 3 is 2.33 bits per heavy atom. The van der Waals surface area contributed by atoms with Crippen LogP contribution in [-0.4, -0.2) is 36.8 Å². The van der Waals surface area contributed by atoms with Crippen molar-refractivity contribution < 1.29 is 19.0 Å². The molecular formula is C25H23N3O5. The Morgan fingerprint density at radius 1 is 0.909 bits per heavy atom. The molecule has 8 nitrogen and oxygen atoms in total. The second kappa shape index (κ2) is 9.44. The Balaban J connectivity index is 1.60. The molecule has 8 heteroatoms. The molecule has 0 radical (unpaired) electrons. The van der Waals surface area contributed by atoms with Crippen LogP contribution in [0.1, 0.15) is 15.9 Å². The van der Waals surface area contributed by atoms with Crippen molar-refractivity contribution in [3.63, 3.8) is 0 Å². The Labute approximate surface area is 190 Å². The van der Waals surface area contributed by atoms with Gasteiger partial charge in [-0.1, -0.05) is 12.1 Å². The molecule has 0 unspecified atom stereocenters. The van der Waals surface area contributed by atoms with E-state index in [2.05, 4.69) is 10.3 Å². The third kappa shape index (κ3) is 4.50. The lowest BCUT2D eigenvalue weighted by atomic mass is 10.1. The number of nitrogens with one attached hydrogen (secondary N) is 1. The van der Waals surface area contributed by atoms with Crippen LogP contribution < -0.4 is 25.1 Å². The van der Waals surface area contributed by atoms with Crippen LogP contribution in [0.4, 0.5) is 0 Å². The lowest BCUT2D eigenvalue weighted by Crippen LogP contribution is -2.23. The number of carbonyl (C=O) groups excluding carboxylic acids is 1. The summed E-state index contributed by atoms with van der Waals surface area (Å²) in [5.41, 5.74) is 2.02. The van der Waals surface area contributed by atoms with E-state index in [1.54, 1.807) is 50.6 Å². The van der Waals surface area contributed by atoms with Gasteiger partial charge in [-0.25, -0.2) is 4.98 Å². The molecule has 4 rings (SSSR count). The summed E-state index contributed by atoms with van der Waals surface area (Å²) in [6, 6.07) is 17.4. The average Bonchev–Trinajstić information content (AvgIpc) is 2.87. The number of amides is 1. The molecule has 0 atom stereocenters. The number of aromatic nitrogens is 2. The first-order valence-electron chi connectivity index (χ1n) is 10.2. The van der Waals surface area contributed by atoms with Crippen molar-refractivity contribution in [1.82, 2.24) is 14.9 Å². The lowest BCUT2D eigenvalue weighted by Gasteiger charge is -2.13. The monoisotopic (exact) mass is 445 g/mol. The number of carbonyl (C=O) groups is 1. The van der Waals surface area contributed by atoms with Gasteiger partial charge < -0.3 is 19.5 Å². The second-order valence-electron chi connectivity index (χ2n) is 7.22. The van der Waals surface area contributed by atoms with Crippen LogP contribution in [0.15, 0.2) is 71.8 Å². The summed E-state index contributed by atoms with van der Waals surface area (Å²) >= 11 is 0. The third-order valence-electron chi connectivity index (χ3n) is 5.28. The predicted octanol–water partition coefficient (Wildman–Crippen LogP) is 3.34. The van der Waals surface area contributed by atoms with Gasteiger partial charge in [0.05, 0.1) is 37.9 Å². The number of fused-ring (bicyclic) bond motifs is 1. The quantitative estimate of drug-likeness (QED) is 0.469. The first kappa shape index (κ1) is 21.9. The molecule has 0 saturated carbocycles. The minimum absolute atomic E-state index is 0.256. The minimum Gasteiger partial charge on any atom is -0.497 e. The molecule has 1 heterocycles. The SMILES string of the molecule is COc1ccc(CNC(=O)c2ccc3c(=O)n(-c4cc(OC)ccc4OC)cnc3c2)cc1. The van der Waals surface area contributed by atoms with Crippen molar-refractivity contribution >= 4 is 16.8 Å². The number of methoxy groups -OCH3 is 3. The van der Waals surface area contributed by atoms with Gasteiger partial charge >= 0.3 is 0 Å². The van der Waals surface area contributed by atoms with Gasteiger partial charge in [0.15, 0.2) is 0 Å². The van der Waals surface area contributed by atoms with Crippen molar-refractivity contribution in [3.05, 3.63) is 88.5 Å². The van der Waals surface area contributed by atoms with Crippen molar-refractivity contribution in [2.24, 2.45) is 0 Å². The maximum Gasteiger partial charge on any atom is 0.265 e. The number of hydrogen-bond donors (Lipinski definition) is 1. The Morgan fingerprint density at radius 2 is 1.64 bits per heavy atom. The van der Waals surface area contributed by atoms with Crippen LogP contribution in [0.25, 0.3) is 16.6 Å². The van der Waals surface area contributed by atoms with Gasteiger partial charge in [-0.2, -0.15) is 0 Å². The highest BCUT2D eigenvalue weighted by molar-refractivity contribution is 5.97. The molecular weight excluding hydrogens is 422 g/mol. The summed E-state index contributed by atoms with van der Waals surface area (Å²) in [5, 5.41) is 3.26. The van der Waals surface area contributed by atoms with E-state index in [1.165, 1.54) is 18.0 Å². The van der Waals surface area contributed by atoms with Gasteiger partial charge in [0.1, 0.15) is 23.6 Å². The van der Waals surface area contributed by atoms with E-state index in [-0.39, 0.29) is 11.5 Å². The standard InChI is InChI=1S/C25H23N3O5/c1-31-18-7-4-16(5-8-18)14-26-24(29)17-6-10-20-21(12-17)27-15-28(25(20)30)22-13-19(32-2)9-11-23(22)33-3/h4-13,15H,14H2,1-3H3,(H,26,29). The molecule has 168 valence electrons. The zero-order valence-electron chi connectivity index (χ0n) is 18.5. The summed E-state index contributed by atoms with van der Waals surface area (Å²) in [4.78, 5) is 30.2. The number of benzene rings is 3. The van der Waals surface area contributed by atoms with Gasteiger partial charge in [-0.3, -0.25) is 14.2 Å². The average molecular weight is 445 g/mol. The molecule has 0 saturated heterocycles. The largest absolute Gasteiger partial charge is 0.497 e. The number of rotatable bonds is 7. The fourth-order valence-corrected chi connectivity index (χ4v) is 3.45. The van der Waals surface area contributed by atoms with Gasteiger partial charge in [0.2, 0.25) is 0 Å². The summed E-state index contributed by atoms with van der Waals surface area (Å²) < 4.78 is 17.2. The van der Waals surface area contributed by atoms with E-state index < -0.39 is 0 Å². The minimum atomic E-state index is -0.281. The molecule has 1 N–H and O–H groups in total. The van der Waals surface area contributed by atoms with Gasteiger partial charge in [-0.15, -0.1) is 0 Å². The van der Waals surface area contributed by atoms with Gasteiger partial charge in [0, 0.05) is 18.2 Å². The van der Waals surface area contributed by atoms with Crippen LogP contribution in [0.2, 0.25) is 0 Å². The van der Waals surface area contributed by atoms with Gasteiger partial charge in [0.25, 0.3) is 11.5 Å².